The van der Waals surface area contributed by atoms with Gasteiger partial charge < -0.3 is 0 Å². The first kappa shape index (κ1) is 23.9. The van der Waals surface area contributed by atoms with Crippen molar-refractivity contribution in [1.82, 2.24) is 0 Å². The zero-order chi connectivity index (χ0) is 18.1. The highest BCUT2D eigenvalue weighted by molar-refractivity contribution is 7.80. The molecule has 0 fully saturated rings. The van der Waals surface area contributed by atoms with E-state index < -0.39 is 10.4 Å². The Hall–Kier alpha value is -0.130. The van der Waals surface area contributed by atoms with Crippen LogP contribution in [-0.4, -0.2) is 19.1 Å². The Kier molecular flexibility index (Phi) is 16.3. The summed E-state index contributed by atoms with van der Waals surface area (Å²) in [6.07, 6.45) is 18.4. The van der Waals surface area contributed by atoms with E-state index in [4.69, 9.17) is 8.74 Å². The molecule has 0 aromatic carbocycles. The predicted molar refractivity (Wildman–Crippen MR) is 102 cm³/mol. The lowest BCUT2D eigenvalue weighted by molar-refractivity contribution is 0.158. The maximum absolute atomic E-state index is 10.9. The minimum absolute atomic E-state index is 0.358. The lowest BCUT2D eigenvalue weighted by Crippen LogP contribution is -2.18. The first-order chi connectivity index (χ1) is 11.5. The van der Waals surface area contributed by atoms with Crippen molar-refractivity contribution in [3.05, 3.63) is 0 Å². The molecule has 0 aromatic rings. The molecule has 1 unspecified atom stereocenters. The van der Waals surface area contributed by atoms with E-state index in [0.29, 0.717) is 6.42 Å². The van der Waals surface area contributed by atoms with Crippen LogP contribution in [0.4, 0.5) is 0 Å². The molecule has 146 valence electrons. The summed E-state index contributed by atoms with van der Waals surface area (Å²) in [5.41, 5.74) is 0. The van der Waals surface area contributed by atoms with Crippen LogP contribution in [0.1, 0.15) is 117 Å². The molecular weight excluding hydrogens is 324 g/mol. The lowest BCUT2D eigenvalue weighted by atomic mass is 10.0. The van der Waals surface area contributed by atoms with E-state index >= 15 is 0 Å². The van der Waals surface area contributed by atoms with Gasteiger partial charge in [0.25, 0.3) is 0 Å². The van der Waals surface area contributed by atoms with Gasteiger partial charge in [-0.15, -0.1) is 0 Å². The van der Waals surface area contributed by atoms with Gasteiger partial charge in [-0.25, -0.2) is 4.18 Å². The molecule has 1 N–H and O–H groups in total. The maximum Gasteiger partial charge on any atom is 0.397 e. The van der Waals surface area contributed by atoms with Crippen molar-refractivity contribution in [3.8, 4) is 0 Å². The van der Waals surface area contributed by atoms with E-state index in [2.05, 4.69) is 13.8 Å². The molecule has 24 heavy (non-hydrogen) atoms. The fraction of sp³-hybridized carbons (Fsp3) is 1.00. The van der Waals surface area contributed by atoms with Crippen molar-refractivity contribution in [2.45, 2.75) is 123 Å². The normalized spacial score (nSPS) is 13.3. The van der Waals surface area contributed by atoms with Crippen molar-refractivity contribution >= 4 is 10.4 Å². The van der Waals surface area contributed by atoms with Crippen LogP contribution in [0.3, 0.4) is 0 Å². The minimum atomic E-state index is -4.32. The average Bonchev–Trinajstić information content (AvgIpc) is 2.52. The highest BCUT2D eigenvalue weighted by Crippen LogP contribution is 2.17. The molecule has 5 heteroatoms. The van der Waals surface area contributed by atoms with Gasteiger partial charge in [0.1, 0.15) is 0 Å². The smallest absolute Gasteiger partial charge is 0.264 e. The second-order valence-corrected chi connectivity index (χ2v) is 8.01. The summed E-state index contributed by atoms with van der Waals surface area (Å²) in [7, 11) is -4.32. The van der Waals surface area contributed by atoms with E-state index in [1.807, 2.05) is 0 Å². The SMILES string of the molecule is CCCCCCCCCCCCCCC(CCCC)OS(=O)(=O)O. The highest BCUT2D eigenvalue weighted by atomic mass is 32.3. The number of rotatable bonds is 18. The zero-order valence-electron chi connectivity index (χ0n) is 16.0. The second kappa shape index (κ2) is 16.3. The molecule has 0 saturated heterocycles. The summed E-state index contributed by atoms with van der Waals surface area (Å²) in [5, 5.41) is 0. The number of hydrogen-bond donors (Lipinski definition) is 1. The van der Waals surface area contributed by atoms with Crippen LogP contribution < -0.4 is 0 Å². The first-order valence-corrected chi connectivity index (χ1v) is 11.5. The Morgan fingerprint density at radius 2 is 1.04 bits per heavy atom. The summed E-state index contributed by atoms with van der Waals surface area (Å²) in [6.45, 7) is 4.31. The van der Waals surface area contributed by atoms with Crippen LogP contribution >= 0.6 is 0 Å². The molecule has 0 aliphatic rings. The van der Waals surface area contributed by atoms with Crippen LogP contribution in [0.15, 0.2) is 0 Å². The lowest BCUT2D eigenvalue weighted by Gasteiger charge is -2.14. The summed E-state index contributed by atoms with van der Waals surface area (Å²) in [6, 6.07) is 0. The van der Waals surface area contributed by atoms with Crippen molar-refractivity contribution in [2.75, 3.05) is 0 Å². The zero-order valence-corrected chi connectivity index (χ0v) is 16.8. The van der Waals surface area contributed by atoms with Crippen molar-refractivity contribution in [2.24, 2.45) is 0 Å². The van der Waals surface area contributed by atoms with E-state index in [1.165, 1.54) is 64.2 Å². The molecule has 0 radical (unpaired) electrons. The van der Waals surface area contributed by atoms with Crippen LogP contribution in [0.2, 0.25) is 0 Å². The quantitative estimate of drug-likeness (QED) is 0.224. The summed E-state index contributed by atoms with van der Waals surface area (Å²) >= 11 is 0. The molecule has 0 aliphatic heterocycles. The molecule has 0 aliphatic carbocycles. The van der Waals surface area contributed by atoms with Gasteiger partial charge >= 0.3 is 10.4 Å². The molecule has 0 bridgehead atoms. The molecule has 0 heterocycles. The van der Waals surface area contributed by atoms with Gasteiger partial charge in [-0.2, -0.15) is 8.42 Å². The molecule has 1 atom stereocenters. The van der Waals surface area contributed by atoms with Gasteiger partial charge in [-0.05, 0) is 12.8 Å². The van der Waals surface area contributed by atoms with Crippen LogP contribution in [-0.2, 0) is 14.6 Å². The molecule has 4 nitrogen and oxygen atoms in total. The molecule has 0 spiro atoms. The third-order valence-electron chi connectivity index (χ3n) is 4.52. The Morgan fingerprint density at radius 3 is 1.46 bits per heavy atom. The Labute approximate surface area is 150 Å². The Morgan fingerprint density at radius 1 is 0.667 bits per heavy atom. The number of unbranched alkanes of at least 4 members (excludes halogenated alkanes) is 12. The molecule has 0 aromatic heterocycles. The van der Waals surface area contributed by atoms with Gasteiger partial charge in [0.2, 0.25) is 0 Å². The van der Waals surface area contributed by atoms with Crippen LogP contribution in [0, 0.1) is 0 Å². The topological polar surface area (TPSA) is 63.6 Å². The monoisotopic (exact) mass is 364 g/mol. The second-order valence-electron chi connectivity index (χ2n) is 6.97. The van der Waals surface area contributed by atoms with Gasteiger partial charge in [-0.3, -0.25) is 4.55 Å². The Balaban J connectivity index is 3.51. The molecule has 0 saturated carbocycles. The fourth-order valence-electron chi connectivity index (χ4n) is 3.06. The van der Waals surface area contributed by atoms with E-state index in [-0.39, 0.29) is 6.10 Å². The van der Waals surface area contributed by atoms with Crippen molar-refractivity contribution < 1.29 is 17.2 Å². The largest absolute Gasteiger partial charge is 0.397 e. The van der Waals surface area contributed by atoms with Crippen LogP contribution in [0.5, 0.6) is 0 Å². The summed E-state index contributed by atoms with van der Waals surface area (Å²) in [4.78, 5) is 0. The third-order valence-corrected chi connectivity index (χ3v) is 5.03. The predicted octanol–water partition coefficient (Wildman–Crippen LogP) is 6.46. The van der Waals surface area contributed by atoms with Crippen LogP contribution in [0.25, 0.3) is 0 Å². The van der Waals surface area contributed by atoms with Crippen molar-refractivity contribution in [1.29, 1.82) is 0 Å². The standard InChI is InChI=1S/C19H40O4S/c1-3-5-7-8-9-10-11-12-13-14-15-16-18-19(17-6-4-2)23-24(20,21)22/h19H,3-18H2,1-2H3,(H,20,21,22). The van der Waals surface area contributed by atoms with E-state index in [1.54, 1.807) is 0 Å². The minimum Gasteiger partial charge on any atom is -0.264 e. The Bertz CT molecular complexity index is 354. The summed E-state index contributed by atoms with van der Waals surface area (Å²) < 4.78 is 35.3. The van der Waals surface area contributed by atoms with E-state index in [9.17, 15) is 8.42 Å². The molecular formula is C19H40O4S. The van der Waals surface area contributed by atoms with E-state index in [0.717, 1.165) is 32.1 Å². The first-order valence-electron chi connectivity index (χ1n) is 10.1. The van der Waals surface area contributed by atoms with Gasteiger partial charge in [-0.1, -0.05) is 104 Å². The third kappa shape index (κ3) is 18.2. The van der Waals surface area contributed by atoms with Crippen molar-refractivity contribution in [3.63, 3.8) is 0 Å². The molecule has 0 amide bonds. The van der Waals surface area contributed by atoms with Gasteiger partial charge in [0.15, 0.2) is 0 Å². The van der Waals surface area contributed by atoms with Gasteiger partial charge in [0, 0.05) is 0 Å². The average molecular weight is 365 g/mol. The maximum atomic E-state index is 10.9. The number of hydrogen-bond acceptors (Lipinski definition) is 3. The van der Waals surface area contributed by atoms with Gasteiger partial charge in [0.05, 0.1) is 6.10 Å². The fourth-order valence-corrected chi connectivity index (χ4v) is 3.59. The molecule has 0 rings (SSSR count). The summed E-state index contributed by atoms with van der Waals surface area (Å²) in [5.74, 6) is 0. The highest BCUT2D eigenvalue weighted by Gasteiger charge is 2.16.